The van der Waals surface area contributed by atoms with Gasteiger partial charge < -0.3 is 9.80 Å². The highest BCUT2D eigenvalue weighted by Crippen LogP contribution is 2.40. The van der Waals surface area contributed by atoms with E-state index >= 15 is 0 Å². The van der Waals surface area contributed by atoms with Crippen molar-refractivity contribution in [3.63, 3.8) is 0 Å². The first-order chi connectivity index (χ1) is 19.5. The fourth-order valence-corrected chi connectivity index (χ4v) is 6.13. The number of benzene rings is 1. The van der Waals surface area contributed by atoms with Crippen molar-refractivity contribution in [1.29, 1.82) is 0 Å². The summed E-state index contributed by atoms with van der Waals surface area (Å²) in [5, 5.41) is 0. The molecule has 0 radical (unpaired) electrons. The van der Waals surface area contributed by atoms with Gasteiger partial charge in [0.1, 0.15) is 5.82 Å². The fourth-order valence-electron chi connectivity index (χ4n) is 6.13. The average molecular weight is 568 g/mol. The summed E-state index contributed by atoms with van der Waals surface area (Å²) in [6.45, 7) is 23.4. The lowest BCUT2D eigenvalue weighted by Crippen LogP contribution is -2.59. The van der Waals surface area contributed by atoms with E-state index in [1.165, 1.54) is 47.9 Å². The number of halogens is 1. The molecule has 1 aromatic rings. The standard InChI is InChI=1S/C34H52FN3O.C2H6/c1-9-30(28-17-14-18-28)32(31(36-10-2)20-12-11-15-27-16-13-19-29(35)21-27)26(5)37-22-25(4)38(23-24(37)3)33(39)34(6,7)8;1-2/h9,13,16,19,21,24-25,28H,10-12,14-15,17-18,20,22-23H2,1-8H3;1-2H3/b30-9-,32-26+,36-31?;/t24-,25+;/m0./s1. The van der Waals surface area contributed by atoms with Crippen LogP contribution in [0.4, 0.5) is 4.39 Å². The summed E-state index contributed by atoms with van der Waals surface area (Å²) in [6, 6.07) is 7.36. The molecular weight excluding hydrogens is 509 g/mol. The van der Waals surface area contributed by atoms with Crippen LogP contribution in [0.1, 0.15) is 113 Å². The van der Waals surface area contributed by atoms with Gasteiger partial charge in [-0.2, -0.15) is 0 Å². The molecule has 1 aromatic carbocycles. The smallest absolute Gasteiger partial charge is 0.228 e. The van der Waals surface area contributed by atoms with E-state index < -0.39 is 0 Å². The highest BCUT2D eigenvalue weighted by Gasteiger charge is 2.38. The number of allylic oxidation sites excluding steroid dienone is 4. The van der Waals surface area contributed by atoms with E-state index in [9.17, 15) is 9.18 Å². The van der Waals surface area contributed by atoms with Crippen molar-refractivity contribution in [1.82, 2.24) is 9.80 Å². The predicted molar refractivity (Wildman–Crippen MR) is 174 cm³/mol. The number of amides is 1. The molecule has 0 unspecified atom stereocenters. The average Bonchev–Trinajstić information content (AvgIpc) is 2.90. The Morgan fingerprint density at radius 1 is 1.07 bits per heavy atom. The lowest BCUT2D eigenvalue weighted by Gasteiger charge is -2.48. The van der Waals surface area contributed by atoms with Crippen LogP contribution in [0.3, 0.4) is 0 Å². The molecule has 1 aliphatic carbocycles. The van der Waals surface area contributed by atoms with Crippen LogP contribution in [0.15, 0.2) is 52.2 Å². The van der Waals surface area contributed by atoms with Crippen LogP contribution in [0, 0.1) is 17.2 Å². The molecule has 3 rings (SSSR count). The van der Waals surface area contributed by atoms with Gasteiger partial charge in [0.15, 0.2) is 0 Å². The van der Waals surface area contributed by atoms with Gasteiger partial charge >= 0.3 is 0 Å². The molecule has 230 valence electrons. The quantitative estimate of drug-likeness (QED) is 0.161. The van der Waals surface area contributed by atoms with Gasteiger partial charge in [-0.25, -0.2) is 4.39 Å². The maximum absolute atomic E-state index is 13.6. The number of hydrogen-bond donors (Lipinski definition) is 0. The lowest BCUT2D eigenvalue weighted by atomic mass is 9.74. The first kappa shape index (κ1) is 34.8. The van der Waals surface area contributed by atoms with Gasteiger partial charge in [0.05, 0.1) is 0 Å². The van der Waals surface area contributed by atoms with Gasteiger partial charge in [-0.3, -0.25) is 9.79 Å². The van der Waals surface area contributed by atoms with Crippen LogP contribution >= 0.6 is 0 Å². The number of aliphatic imine (C=N–C) groups is 1. The SMILES string of the molecule is C/C=C(\C(C(CCCCc1cccc(F)c1)=NCC)=C(\C)N1C[C@@H](C)N(C(=O)C(C)(C)C)C[C@@H]1C)C1CCC1.CC. The first-order valence-corrected chi connectivity index (χ1v) is 16.2. The van der Waals surface area contributed by atoms with E-state index in [1.807, 2.05) is 40.7 Å². The van der Waals surface area contributed by atoms with Crippen molar-refractivity contribution < 1.29 is 9.18 Å². The Kier molecular flexibility index (Phi) is 13.8. The minimum Gasteiger partial charge on any atom is -0.368 e. The number of aryl methyl sites for hydroxylation is 1. The van der Waals surface area contributed by atoms with Crippen molar-refractivity contribution in [2.75, 3.05) is 19.6 Å². The molecule has 1 heterocycles. The molecule has 1 amide bonds. The Morgan fingerprint density at radius 2 is 1.71 bits per heavy atom. The Balaban J connectivity index is 0.00000287. The Labute approximate surface area is 251 Å². The van der Waals surface area contributed by atoms with Crippen LogP contribution in [0.5, 0.6) is 0 Å². The van der Waals surface area contributed by atoms with Crippen LogP contribution < -0.4 is 0 Å². The molecule has 1 aliphatic heterocycles. The molecule has 5 heteroatoms. The minimum absolute atomic E-state index is 0.153. The second kappa shape index (κ2) is 16.3. The maximum Gasteiger partial charge on any atom is 0.228 e. The zero-order chi connectivity index (χ0) is 30.7. The summed E-state index contributed by atoms with van der Waals surface area (Å²) < 4.78 is 13.6. The zero-order valence-corrected chi connectivity index (χ0v) is 27.8. The Bertz CT molecular complexity index is 1080. The number of nitrogens with zero attached hydrogens (tertiary/aromatic N) is 3. The molecule has 2 atom stereocenters. The largest absolute Gasteiger partial charge is 0.368 e. The normalized spacial score (nSPS) is 21.1. The molecule has 41 heavy (non-hydrogen) atoms. The highest BCUT2D eigenvalue weighted by atomic mass is 19.1. The molecule has 1 saturated carbocycles. The summed E-state index contributed by atoms with van der Waals surface area (Å²) in [5.41, 5.74) is 5.98. The second-order valence-corrected chi connectivity index (χ2v) is 12.6. The number of piperazine rings is 1. The van der Waals surface area contributed by atoms with Gasteiger partial charge in [-0.15, -0.1) is 0 Å². The van der Waals surface area contributed by atoms with E-state index in [2.05, 4.69) is 50.5 Å². The third-order valence-electron chi connectivity index (χ3n) is 8.48. The monoisotopic (exact) mass is 567 g/mol. The van der Waals surface area contributed by atoms with Gasteiger partial charge in [-0.1, -0.05) is 59.2 Å². The summed E-state index contributed by atoms with van der Waals surface area (Å²) in [6.07, 6.45) is 9.95. The van der Waals surface area contributed by atoms with Crippen molar-refractivity contribution in [3.05, 3.63) is 58.6 Å². The van der Waals surface area contributed by atoms with Crippen molar-refractivity contribution >= 4 is 11.6 Å². The molecular formula is C36H58FN3O. The molecule has 4 nitrogen and oxygen atoms in total. The molecule has 0 spiro atoms. The Hall–Kier alpha value is -2.43. The van der Waals surface area contributed by atoms with Gasteiger partial charge in [-0.05, 0) is 102 Å². The molecule has 2 fully saturated rings. The number of hydrogen-bond acceptors (Lipinski definition) is 3. The van der Waals surface area contributed by atoms with Crippen LogP contribution in [-0.2, 0) is 11.2 Å². The predicted octanol–water partition coefficient (Wildman–Crippen LogP) is 9.01. The zero-order valence-electron chi connectivity index (χ0n) is 27.8. The summed E-state index contributed by atoms with van der Waals surface area (Å²) in [7, 11) is 0. The van der Waals surface area contributed by atoms with Gasteiger partial charge in [0.2, 0.25) is 5.91 Å². The third kappa shape index (κ3) is 9.28. The molecule has 0 N–H and O–H groups in total. The molecule has 0 aromatic heterocycles. The van der Waals surface area contributed by atoms with Gasteiger partial charge in [0, 0.05) is 54.1 Å². The highest BCUT2D eigenvalue weighted by molar-refractivity contribution is 6.04. The fraction of sp³-hybridized carbons (Fsp3) is 0.667. The summed E-state index contributed by atoms with van der Waals surface area (Å²) in [5.74, 6) is 0.678. The molecule has 0 bridgehead atoms. The molecule has 2 aliphatic rings. The molecule has 1 saturated heterocycles. The van der Waals surface area contributed by atoms with Crippen molar-refractivity contribution in [2.24, 2.45) is 16.3 Å². The first-order valence-electron chi connectivity index (χ1n) is 16.2. The minimum atomic E-state index is -0.374. The number of carbonyl (C=O) groups is 1. The summed E-state index contributed by atoms with van der Waals surface area (Å²) >= 11 is 0. The van der Waals surface area contributed by atoms with E-state index in [0.29, 0.717) is 5.92 Å². The second-order valence-electron chi connectivity index (χ2n) is 12.6. The van der Waals surface area contributed by atoms with Crippen LogP contribution in [0.2, 0.25) is 0 Å². The van der Waals surface area contributed by atoms with E-state index in [-0.39, 0.29) is 29.2 Å². The van der Waals surface area contributed by atoms with Crippen molar-refractivity contribution in [2.45, 2.75) is 126 Å². The van der Waals surface area contributed by atoms with Crippen molar-refractivity contribution in [3.8, 4) is 0 Å². The summed E-state index contributed by atoms with van der Waals surface area (Å²) in [4.78, 5) is 22.9. The van der Waals surface area contributed by atoms with E-state index in [4.69, 9.17) is 4.99 Å². The van der Waals surface area contributed by atoms with Crippen LogP contribution in [0.25, 0.3) is 0 Å². The third-order valence-corrected chi connectivity index (χ3v) is 8.48. The van der Waals surface area contributed by atoms with Crippen LogP contribution in [-0.4, -0.2) is 53.1 Å². The lowest BCUT2D eigenvalue weighted by molar-refractivity contribution is -0.145. The van der Waals surface area contributed by atoms with Gasteiger partial charge in [0.25, 0.3) is 0 Å². The van der Waals surface area contributed by atoms with E-state index in [1.54, 1.807) is 12.1 Å². The van der Waals surface area contributed by atoms with E-state index in [0.717, 1.165) is 50.9 Å². The number of rotatable bonds is 10. The maximum atomic E-state index is 13.6. The number of carbonyl (C=O) groups excluding carboxylic acids is 1. The topological polar surface area (TPSA) is 35.9 Å². The Morgan fingerprint density at radius 3 is 2.24 bits per heavy atom. The number of unbranched alkanes of at least 4 members (excludes halogenated alkanes) is 1.